The number of aliphatic hydroxyl groups is 7. The van der Waals surface area contributed by atoms with Crippen LogP contribution in [0.5, 0.6) is 0 Å². The molecule has 1 saturated carbocycles. The predicted octanol–water partition coefficient (Wildman–Crippen LogP) is -7.83. The van der Waals surface area contributed by atoms with Gasteiger partial charge in [0.05, 0.1) is 37.5 Å². The first-order valence-electron chi connectivity index (χ1n) is 13.7. The Bertz CT molecular complexity index is 837. The van der Waals surface area contributed by atoms with Gasteiger partial charge in [-0.15, -0.1) is 0 Å². The van der Waals surface area contributed by atoms with Gasteiger partial charge in [-0.1, -0.05) is 0 Å². The Balaban J connectivity index is 1.48. The van der Waals surface area contributed by atoms with E-state index in [2.05, 4.69) is 0 Å². The molecule has 0 amide bonds. The highest BCUT2D eigenvalue weighted by Crippen LogP contribution is 2.34. The van der Waals surface area contributed by atoms with Crippen molar-refractivity contribution < 1.29 is 64.2 Å². The maximum Gasteiger partial charge on any atom is 0.187 e. The third-order valence-electron chi connectivity index (χ3n) is 8.17. The number of hydrogen-bond donors (Lipinski definition) is 12. The summed E-state index contributed by atoms with van der Waals surface area (Å²) in [7, 11) is 0. The lowest BCUT2D eigenvalue weighted by Gasteiger charge is -2.46. The van der Waals surface area contributed by atoms with Crippen molar-refractivity contribution in [2.45, 2.75) is 123 Å². The van der Waals surface area contributed by atoms with Gasteiger partial charge in [-0.25, -0.2) is 0 Å². The minimum absolute atomic E-state index is 0.0647. The molecule has 240 valence electrons. The van der Waals surface area contributed by atoms with Crippen LogP contribution >= 0.6 is 0 Å². The van der Waals surface area contributed by atoms with Crippen LogP contribution in [0.4, 0.5) is 0 Å². The summed E-state index contributed by atoms with van der Waals surface area (Å²) in [6.45, 7) is -1.27. The monoisotopic (exact) mass is 599 g/mol. The summed E-state index contributed by atoms with van der Waals surface area (Å²) in [6.07, 6.45) is -17.3. The van der Waals surface area contributed by atoms with E-state index >= 15 is 0 Å². The molecule has 4 aliphatic rings. The van der Waals surface area contributed by atoms with E-state index in [0.717, 1.165) is 0 Å². The summed E-state index contributed by atoms with van der Waals surface area (Å²) < 4.78 is 34.7. The molecule has 0 aromatic rings. The minimum Gasteiger partial charge on any atom is -0.394 e. The molecule has 18 heteroatoms. The normalized spacial score (nSPS) is 53.0. The fourth-order valence-corrected chi connectivity index (χ4v) is 5.68. The third kappa shape index (κ3) is 6.85. The Morgan fingerprint density at radius 1 is 0.561 bits per heavy atom. The van der Waals surface area contributed by atoms with Crippen molar-refractivity contribution in [3.05, 3.63) is 0 Å². The Morgan fingerprint density at radius 2 is 1.15 bits per heavy atom. The highest BCUT2D eigenvalue weighted by molar-refractivity contribution is 5.01. The van der Waals surface area contributed by atoms with E-state index in [9.17, 15) is 35.7 Å². The van der Waals surface area contributed by atoms with Crippen LogP contribution in [0.3, 0.4) is 0 Å². The van der Waals surface area contributed by atoms with Crippen molar-refractivity contribution >= 4 is 0 Å². The molecule has 4 rings (SSSR count). The standard InChI is InChI=1S/C23H45N5O13/c24-3-10-15(33)16(34)13(28)22(36-10)40-19-12(5-30)38-23(17(19)35)41-20-14(32)6(25)1-7(26)18(20)39-21-8(27)2-9(31)11(4-29)37-21/h6-23,29-35H,1-5,24-28H2/t6-,7+,8-,9+,10+,11-,12-,13-,14+,15-,16+,17-,18-,19-,20-,21-,22-,23+/m1/s1. The van der Waals surface area contributed by atoms with Gasteiger partial charge in [-0.3, -0.25) is 0 Å². The lowest BCUT2D eigenvalue weighted by molar-refractivity contribution is -0.298. The zero-order chi connectivity index (χ0) is 30.2. The van der Waals surface area contributed by atoms with Crippen molar-refractivity contribution in [2.24, 2.45) is 28.7 Å². The maximum absolute atomic E-state index is 11.1. The zero-order valence-electron chi connectivity index (χ0n) is 22.4. The molecule has 1 aliphatic carbocycles. The van der Waals surface area contributed by atoms with E-state index in [1.54, 1.807) is 0 Å². The molecule has 3 aliphatic heterocycles. The molecule has 4 fully saturated rings. The summed E-state index contributed by atoms with van der Waals surface area (Å²) in [4.78, 5) is 0. The second kappa shape index (κ2) is 13.9. The summed E-state index contributed by atoms with van der Waals surface area (Å²) in [5.74, 6) is 0. The van der Waals surface area contributed by atoms with E-state index < -0.39 is 123 Å². The van der Waals surface area contributed by atoms with E-state index in [0.29, 0.717) is 0 Å². The van der Waals surface area contributed by atoms with E-state index in [1.165, 1.54) is 0 Å². The van der Waals surface area contributed by atoms with Crippen LogP contribution in [0, 0.1) is 0 Å². The Labute approximate surface area is 236 Å². The van der Waals surface area contributed by atoms with Crippen molar-refractivity contribution in [3.63, 3.8) is 0 Å². The highest BCUT2D eigenvalue weighted by atomic mass is 16.8. The molecule has 0 unspecified atom stereocenters. The van der Waals surface area contributed by atoms with Gasteiger partial charge in [-0.2, -0.15) is 0 Å². The van der Waals surface area contributed by atoms with Crippen LogP contribution in [0.2, 0.25) is 0 Å². The van der Waals surface area contributed by atoms with Crippen LogP contribution in [-0.2, 0) is 28.4 Å². The molecule has 0 bridgehead atoms. The molecule has 0 aromatic heterocycles. The van der Waals surface area contributed by atoms with Crippen molar-refractivity contribution in [3.8, 4) is 0 Å². The lowest BCUT2D eigenvalue weighted by atomic mass is 9.84. The quantitative estimate of drug-likeness (QED) is 0.117. The van der Waals surface area contributed by atoms with Crippen molar-refractivity contribution in [2.75, 3.05) is 19.8 Å². The Hall–Kier alpha value is -0.720. The number of rotatable bonds is 9. The van der Waals surface area contributed by atoms with Crippen LogP contribution in [0.25, 0.3) is 0 Å². The first-order valence-corrected chi connectivity index (χ1v) is 13.7. The molecule has 0 aromatic carbocycles. The first kappa shape index (κ1) is 33.2. The molecular weight excluding hydrogens is 554 g/mol. The second-order valence-corrected chi connectivity index (χ2v) is 11.1. The number of hydrogen-bond acceptors (Lipinski definition) is 18. The smallest absolute Gasteiger partial charge is 0.187 e. The van der Waals surface area contributed by atoms with Crippen molar-refractivity contribution in [1.82, 2.24) is 0 Å². The molecule has 3 heterocycles. The summed E-state index contributed by atoms with van der Waals surface area (Å²) in [5, 5.41) is 72.0. The Kier molecular flexibility index (Phi) is 11.3. The molecule has 3 saturated heterocycles. The zero-order valence-corrected chi connectivity index (χ0v) is 22.4. The number of aliphatic hydroxyl groups excluding tert-OH is 7. The van der Waals surface area contributed by atoms with Gasteiger partial charge in [0, 0.05) is 18.6 Å². The molecule has 41 heavy (non-hydrogen) atoms. The molecule has 18 nitrogen and oxygen atoms in total. The topological polar surface area (TPSA) is 327 Å². The van der Waals surface area contributed by atoms with E-state index in [1.807, 2.05) is 0 Å². The largest absolute Gasteiger partial charge is 0.394 e. The molecule has 18 atom stereocenters. The van der Waals surface area contributed by atoms with Gasteiger partial charge >= 0.3 is 0 Å². The highest BCUT2D eigenvalue weighted by Gasteiger charge is 2.53. The predicted molar refractivity (Wildman–Crippen MR) is 135 cm³/mol. The fraction of sp³-hybridized carbons (Fsp3) is 1.00. The van der Waals surface area contributed by atoms with Crippen LogP contribution in [0.1, 0.15) is 12.8 Å². The lowest BCUT2D eigenvalue weighted by Crippen LogP contribution is -2.66. The summed E-state index contributed by atoms with van der Waals surface area (Å²) >= 11 is 0. The van der Waals surface area contributed by atoms with Crippen molar-refractivity contribution in [1.29, 1.82) is 0 Å². The van der Waals surface area contributed by atoms with E-state index in [-0.39, 0.29) is 19.4 Å². The van der Waals surface area contributed by atoms with Gasteiger partial charge in [0.2, 0.25) is 0 Å². The van der Waals surface area contributed by atoms with Gasteiger partial charge in [0.25, 0.3) is 0 Å². The van der Waals surface area contributed by atoms with Gasteiger partial charge in [0.1, 0.15) is 54.9 Å². The number of ether oxygens (including phenoxy) is 6. The Morgan fingerprint density at radius 3 is 1.78 bits per heavy atom. The molecule has 0 spiro atoms. The average Bonchev–Trinajstić information content (AvgIpc) is 3.24. The minimum atomic E-state index is -1.58. The van der Waals surface area contributed by atoms with Gasteiger partial charge < -0.3 is 92.8 Å². The molecule has 0 radical (unpaired) electrons. The maximum atomic E-state index is 11.1. The van der Waals surface area contributed by atoms with Gasteiger partial charge in [-0.05, 0) is 12.8 Å². The average molecular weight is 600 g/mol. The van der Waals surface area contributed by atoms with Crippen LogP contribution in [0.15, 0.2) is 0 Å². The van der Waals surface area contributed by atoms with Crippen LogP contribution in [-0.4, -0.2) is 166 Å². The first-order chi connectivity index (χ1) is 19.4. The third-order valence-corrected chi connectivity index (χ3v) is 8.17. The van der Waals surface area contributed by atoms with Gasteiger partial charge in [0.15, 0.2) is 18.9 Å². The van der Waals surface area contributed by atoms with Crippen LogP contribution < -0.4 is 28.7 Å². The molecule has 17 N–H and O–H groups in total. The van der Waals surface area contributed by atoms with E-state index in [4.69, 9.17) is 57.1 Å². The summed E-state index contributed by atoms with van der Waals surface area (Å²) in [5.41, 5.74) is 30.1. The second-order valence-electron chi connectivity index (χ2n) is 11.1. The number of nitrogens with two attached hydrogens (primary N) is 5. The fourth-order valence-electron chi connectivity index (χ4n) is 5.68. The molecular formula is C23H45N5O13. The SMILES string of the molecule is NC[C@@H]1O[C@H](O[C@H]2[C@@H](O)[C@H](O[C@@H]3[C@@H](O)[C@H](N)C[C@H](N)[C@H]3O[C@H]3O[C@H](CO)[C@@H](O)C[C@H]3N)O[C@@H]2CO)[C@H](N)[C@H](O)[C@@H]1O. The summed E-state index contributed by atoms with van der Waals surface area (Å²) in [6, 6.07) is -3.65.